The molecule has 2 rings (SSSR count). The van der Waals surface area contributed by atoms with Crippen LogP contribution in [-0.4, -0.2) is 6.54 Å². The first-order valence-electron chi connectivity index (χ1n) is 7.00. The van der Waals surface area contributed by atoms with Gasteiger partial charge in [0.1, 0.15) is 24.0 Å². The lowest BCUT2D eigenvalue weighted by Gasteiger charge is -2.18. The molecule has 112 valence electrons. The molecular formula is C17H19F2NO. The quantitative estimate of drug-likeness (QED) is 0.860. The molecule has 0 saturated carbocycles. The molecule has 0 fully saturated rings. The van der Waals surface area contributed by atoms with Gasteiger partial charge in [0.25, 0.3) is 0 Å². The van der Waals surface area contributed by atoms with Crippen LogP contribution >= 0.6 is 0 Å². The van der Waals surface area contributed by atoms with E-state index in [1.165, 1.54) is 24.3 Å². The second kappa shape index (κ2) is 7.18. The third-order valence-electron chi connectivity index (χ3n) is 3.24. The predicted octanol–water partition coefficient (Wildman–Crippen LogP) is 4.21. The van der Waals surface area contributed by atoms with Crippen molar-refractivity contribution < 1.29 is 13.5 Å². The van der Waals surface area contributed by atoms with Gasteiger partial charge in [0.05, 0.1) is 0 Å². The Morgan fingerprint density at radius 2 is 1.86 bits per heavy atom. The van der Waals surface area contributed by atoms with Crippen LogP contribution < -0.4 is 10.1 Å². The molecule has 0 aliphatic heterocycles. The minimum absolute atomic E-state index is 0.0538. The smallest absolute Gasteiger partial charge is 0.127 e. The van der Waals surface area contributed by atoms with Crippen molar-refractivity contribution in [3.63, 3.8) is 0 Å². The molecule has 2 aromatic rings. The second-order valence-electron chi connectivity index (χ2n) is 4.88. The summed E-state index contributed by atoms with van der Waals surface area (Å²) in [6, 6.07) is 10.7. The van der Waals surface area contributed by atoms with E-state index < -0.39 is 0 Å². The first-order chi connectivity index (χ1) is 10.1. The number of nitrogens with one attached hydrogen (secondary N) is 1. The molecular weight excluding hydrogens is 272 g/mol. The molecule has 0 aliphatic rings. The van der Waals surface area contributed by atoms with E-state index in [1.54, 1.807) is 18.2 Å². The van der Waals surface area contributed by atoms with Crippen molar-refractivity contribution in [2.24, 2.45) is 0 Å². The lowest BCUT2D eigenvalue weighted by molar-refractivity contribution is 0.297. The fraction of sp³-hybridized carbons (Fsp3) is 0.294. The summed E-state index contributed by atoms with van der Waals surface area (Å²) in [5.41, 5.74) is 1.59. The van der Waals surface area contributed by atoms with Crippen LogP contribution in [0.2, 0.25) is 0 Å². The van der Waals surface area contributed by atoms with Gasteiger partial charge in [0, 0.05) is 17.7 Å². The SMILES string of the molecule is CCNC(C)c1ccc(F)cc1OCc1cccc(F)c1. The van der Waals surface area contributed by atoms with Crippen molar-refractivity contribution in [1.29, 1.82) is 0 Å². The highest BCUT2D eigenvalue weighted by molar-refractivity contribution is 5.36. The molecule has 1 atom stereocenters. The summed E-state index contributed by atoms with van der Waals surface area (Å²) in [4.78, 5) is 0. The van der Waals surface area contributed by atoms with Gasteiger partial charge in [0.2, 0.25) is 0 Å². The first-order valence-corrected chi connectivity index (χ1v) is 7.00. The van der Waals surface area contributed by atoms with E-state index in [9.17, 15) is 8.78 Å². The number of ether oxygens (including phenoxy) is 1. The van der Waals surface area contributed by atoms with Gasteiger partial charge >= 0.3 is 0 Å². The van der Waals surface area contributed by atoms with Crippen LogP contribution in [-0.2, 0) is 6.61 Å². The summed E-state index contributed by atoms with van der Waals surface area (Å²) < 4.78 is 32.2. The maximum atomic E-state index is 13.4. The van der Waals surface area contributed by atoms with Crippen LogP contribution in [0.5, 0.6) is 5.75 Å². The van der Waals surface area contributed by atoms with Crippen molar-refractivity contribution in [3.8, 4) is 5.75 Å². The van der Waals surface area contributed by atoms with Gasteiger partial charge in [-0.3, -0.25) is 0 Å². The van der Waals surface area contributed by atoms with Crippen LogP contribution in [0, 0.1) is 11.6 Å². The van der Waals surface area contributed by atoms with Crippen molar-refractivity contribution in [3.05, 3.63) is 65.2 Å². The molecule has 21 heavy (non-hydrogen) atoms. The van der Waals surface area contributed by atoms with Crippen LogP contribution in [0.4, 0.5) is 8.78 Å². The molecule has 0 amide bonds. The van der Waals surface area contributed by atoms with Crippen molar-refractivity contribution in [2.75, 3.05) is 6.54 Å². The van der Waals surface area contributed by atoms with Crippen LogP contribution in [0.15, 0.2) is 42.5 Å². The van der Waals surface area contributed by atoms with E-state index in [4.69, 9.17) is 4.74 Å². The summed E-state index contributed by atoms with van der Waals surface area (Å²) in [6.07, 6.45) is 0. The zero-order valence-electron chi connectivity index (χ0n) is 12.2. The Morgan fingerprint density at radius 3 is 2.57 bits per heavy atom. The van der Waals surface area contributed by atoms with Crippen molar-refractivity contribution in [2.45, 2.75) is 26.5 Å². The molecule has 0 heterocycles. The Labute approximate surface area is 123 Å². The second-order valence-corrected chi connectivity index (χ2v) is 4.88. The minimum Gasteiger partial charge on any atom is -0.488 e. The molecule has 0 spiro atoms. The van der Waals surface area contributed by atoms with E-state index in [0.29, 0.717) is 11.3 Å². The molecule has 0 aromatic heterocycles. The maximum Gasteiger partial charge on any atom is 0.127 e. The molecule has 0 bridgehead atoms. The summed E-state index contributed by atoms with van der Waals surface area (Å²) >= 11 is 0. The zero-order chi connectivity index (χ0) is 15.2. The summed E-state index contributed by atoms with van der Waals surface area (Å²) in [6.45, 7) is 5.01. The first kappa shape index (κ1) is 15.4. The third kappa shape index (κ3) is 4.26. The average Bonchev–Trinajstić information content (AvgIpc) is 2.45. The van der Waals surface area contributed by atoms with E-state index in [1.807, 2.05) is 13.8 Å². The van der Waals surface area contributed by atoms with Gasteiger partial charge in [-0.25, -0.2) is 8.78 Å². The molecule has 1 N–H and O–H groups in total. The van der Waals surface area contributed by atoms with E-state index in [2.05, 4.69) is 5.32 Å². The van der Waals surface area contributed by atoms with Crippen LogP contribution in [0.1, 0.15) is 31.0 Å². The Hall–Kier alpha value is -1.94. The number of hydrogen-bond acceptors (Lipinski definition) is 2. The summed E-state index contributed by atoms with van der Waals surface area (Å²) in [5.74, 6) is -0.180. The lowest BCUT2D eigenvalue weighted by Crippen LogP contribution is -2.18. The molecule has 0 radical (unpaired) electrons. The number of rotatable bonds is 6. The average molecular weight is 291 g/mol. The van der Waals surface area contributed by atoms with Crippen molar-refractivity contribution in [1.82, 2.24) is 5.32 Å². The fourth-order valence-electron chi connectivity index (χ4n) is 2.19. The third-order valence-corrected chi connectivity index (χ3v) is 3.24. The Bertz CT molecular complexity index is 601. The van der Waals surface area contributed by atoms with Crippen LogP contribution in [0.25, 0.3) is 0 Å². The molecule has 0 aliphatic carbocycles. The lowest BCUT2D eigenvalue weighted by atomic mass is 10.1. The Morgan fingerprint density at radius 1 is 1.10 bits per heavy atom. The monoisotopic (exact) mass is 291 g/mol. The fourth-order valence-corrected chi connectivity index (χ4v) is 2.19. The van der Waals surface area contributed by atoms with Crippen LogP contribution in [0.3, 0.4) is 0 Å². The highest BCUT2D eigenvalue weighted by Gasteiger charge is 2.12. The van der Waals surface area contributed by atoms with E-state index >= 15 is 0 Å². The normalized spacial score (nSPS) is 12.2. The summed E-state index contributed by atoms with van der Waals surface area (Å²) in [5, 5.41) is 3.27. The minimum atomic E-state index is -0.350. The molecule has 2 aromatic carbocycles. The van der Waals surface area contributed by atoms with Gasteiger partial charge in [-0.05, 0) is 37.2 Å². The Kier molecular flexibility index (Phi) is 5.28. The molecule has 4 heteroatoms. The van der Waals surface area contributed by atoms with Gasteiger partial charge in [-0.2, -0.15) is 0 Å². The standard InChI is InChI=1S/C17H19F2NO/c1-3-20-12(2)16-8-7-15(19)10-17(16)21-11-13-5-4-6-14(18)9-13/h4-10,12,20H,3,11H2,1-2H3. The predicted molar refractivity (Wildman–Crippen MR) is 79.2 cm³/mol. The highest BCUT2D eigenvalue weighted by Crippen LogP contribution is 2.27. The maximum absolute atomic E-state index is 13.4. The van der Waals surface area contributed by atoms with Crippen molar-refractivity contribution >= 4 is 0 Å². The molecule has 2 nitrogen and oxygen atoms in total. The molecule has 0 saturated heterocycles. The number of benzene rings is 2. The summed E-state index contributed by atoms with van der Waals surface area (Å²) in [7, 11) is 0. The van der Waals surface area contributed by atoms with Gasteiger partial charge in [-0.15, -0.1) is 0 Å². The van der Waals surface area contributed by atoms with E-state index in [-0.39, 0.29) is 24.3 Å². The largest absolute Gasteiger partial charge is 0.488 e. The number of halogens is 2. The molecule has 1 unspecified atom stereocenters. The topological polar surface area (TPSA) is 21.3 Å². The van der Waals surface area contributed by atoms with Gasteiger partial charge in [0.15, 0.2) is 0 Å². The van der Waals surface area contributed by atoms with Gasteiger partial charge in [-0.1, -0.05) is 25.1 Å². The van der Waals surface area contributed by atoms with E-state index in [0.717, 1.165) is 12.1 Å². The van der Waals surface area contributed by atoms with Gasteiger partial charge < -0.3 is 10.1 Å². The highest BCUT2D eigenvalue weighted by atomic mass is 19.1. The number of hydrogen-bond donors (Lipinski definition) is 1. The zero-order valence-corrected chi connectivity index (χ0v) is 12.2. The Balaban J connectivity index is 2.16.